The largest absolute Gasteiger partial charge is 0.477 e. The minimum Gasteiger partial charge on any atom is -0.477 e. The number of amides is 3. The van der Waals surface area contributed by atoms with Gasteiger partial charge >= 0.3 is 5.97 Å². The molecular weight excluding hydrogens is 583 g/mol. The standard InChI is InChI=1S/C33H25N2O6PS/c1-21(36)43-32-27(34-28(37)25-19-11-12-20-26(25)29(34)38)30(39)35(32)31(33(40)41)42(22-13-5-2-6-14-22,23-15-7-3-8-16-23)24-17-9-4-10-18-24/h2-20,27,32H,1H3,(H,40,41). The number of carbonyl (C=O) groups is 5. The van der Waals surface area contributed by atoms with Crippen LogP contribution < -0.4 is 15.9 Å². The summed E-state index contributed by atoms with van der Waals surface area (Å²) in [7, 11) is 0. The smallest absolute Gasteiger partial charge is 0.353 e. The third-order valence-corrected chi connectivity index (χ3v) is 12.9. The first kappa shape index (κ1) is 28.4. The Morgan fingerprint density at radius 2 is 1.07 bits per heavy atom. The Labute approximate surface area is 251 Å². The molecule has 0 aliphatic carbocycles. The molecule has 1 saturated heterocycles. The highest BCUT2D eigenvalue weighted by atomic mass is 32.2. The van der Waals surface area contributed by atoms with E-state index in [2.05, 4.69) is 0 Å². The molecule has 2 atom stereocenters. The van der Waals surface area contributed by atoms with Gasteiger partial charge in [0.25, 0.3) is 17.7 Å². The quantitative estimate of drug-likeness (QED) is 0.195. The Hall–Kier alpha value is -4.72. The molecule has 3 amide bonds. The van der Waals surface area contributed by atoms with E-state index in [1.54, 1.807) is 12.1 Å². The summed E-state index contributed by atoms with van der Waals surface area (Å²) in [5.74, 6) is -3.38. The summed E-state index contributed by atoms with van der Waals surface area (Å²) in [5, 5.41) is 11.6. The van der Waals surface area contributed by atoms with Gasteiger partial charge in [-0.3, -0.25) is 29.0 Å². The van der Waals surface area contributed by atoms with Crippen LogP contribution in [-0.2, 0) is 14.4 Å². The van der Waals surface area contributed by atoms with Gasteiger partial charge in [0.1, 0.15) is 16.8 Å². The molecule has 43 heavy (non-hydrogen) atoms. The van der Waals surface area contributed by atoms with E-state index in [1.807, 2.05) is 91.0 Å². The summed E-state index contributed by atoms with van der Waals surface area (Å²) in [6, 6.07) is 32.3. The zero-order valence-electron chi connectivity index (χ0n) is 22.9. The summed E-state index contributed by atoms with van der Waals surface area (Å²) in [5.41, 5.74) is 0.118. The molecule has 0 aromatic heterocycles. The predicted octanol–water partition coefficient (Wildman–Crippen LogP) is 3.31. The topological polar surface area (TPSA) is 112 Å². The average molecular weight is 609 g/mol. The maximum absolute atomic E-state index is 14.3. The van der Waals surface area contributed by atoms with E-state index in [4.69, 9.17) is 0 Å². The van der Waals surface area contributed by atoms with Crippen LogP contribution in [-0.4, -0.2) is 60.5 Å². The molecule has 4 aromatic rings. The van der Waals surface area contributed by atoms with Gasteiger partial charge < -0.3 is 5.11 Å². The van der Waals surface area contributed by atoms with Crippen LogP contribution in [0.4, 0.5) is 0 Å². The molecule has 8 nitrogen and oxygen atoms in total. The maximum Gasteiger partial charge on any atom is 0.353 e. The maximum atomic E-state index is 14.3. The molecule has 2 unspecified atom stereocenters. The van der Waals surface area contributed by atoms with Gasteiger partial charge in [0.2, 0.25) is 0 Å². The number of benzene rings is 4. The minimum atomic E-state index is -3.30. The van der Waals surface area contributed by atoms with Gasteiger partial charge in [-0.1, -0.05) is 115 Å². The number of hydrogen-bond acceptors (Lipinski definition) is 6. The lowest BCUT2D eigenvalue weighted by molar-refractivity contribution is -0.145. The van der Waals surface area contributed by atoms with E-state index in [0.29, 0.717) is 15.9 Å². The Kier molecular flexibility index (Phi) is 7.38. The third-order valence-electron chi connectivity index (χ3n) is 7.57. The van der Waals surface area contributed by atoms with E-state index in [9.17, 15) is 29.1 Å². The summed E-state index contributed by atoms with van der Waals surface area (Å²) in [6.45, 7) is -1.99. The second-order valence-corrected chi connectivity index (χ2v) is 14.6. The number of hydrogen-bond donors (Lipinski definition) is 1. The van der Waals surface area contributed by atoms with Gasteiger partial charge in [-0.25, -0.2) is 4.79 Å². The molecular formula is C33H25N2O6PS. The van der Waals surface area contributed by atoms with Crippen molar-refractivity contribution in [3.05, 3.63) is 126 Å². The molecule has 0 spiro atoms. The number of thioether (sulfide) groups is 1. The lowest BCUT2D eigenvalue weighted by atomic mass is 10.1. The fourth-order valence-electron chi connectivity index (χ4n) is 5.84. The van der Waals surface area contributed by atoms with Crippen molar-refractivity contribution in [2.75, 3.05) is 0 Å². The van der Waals surface area contributed by atoms with Crippen molar-refractivity contribution in [2.24, 2.45) is 0 Å². The molecule has 0 bridgehead atoms. The average Bonchev–Trinajstić information content (AvgIpc) is 3.27. The highest BCUT2D eigenvalue weighted by Gasteiger charge is 2.60. The highest BCUT2D eigenvalue weighted by molar-refractivity contribution is 8.14. The second kappa shape index (κ2) is 11.2. The summed E-state index contributed by atoms with van der Waals surface area (Å²) < 4.78 is 0. The number of fused-ring (bicyclic) bond motifs is 1. The van der Waals surface area contributed by atoms with Crippen molar-refractivity contribution >= 4 is 68.8 Å². The number of imide groups is 1. The number of β-lactam (4-membered cyclic amide) rings is 1. The summed E-state index contributed by atoms with van der Waals surface area (Å²) >= 11 is 0.732. The van der Waals surface area contributed by atoms with Crippen molar-refractivity contribution in [3.63, 3.8) is 0 Å². The van der Waals surface area contributed by atoms with Crippen LogP contribution in [0, 0.1) is 0 Å². The number of rotatable bonds is 7. The van der Waals surface area contributed by atoms with Gasteiger partial charge in [-0.2, -0.15) is 0 Å². The molecule has 10 heteroatoms. The molecule has 1 N–H and O–H groups in total. The normalized spacial score (nSPS) is 17.8. The monoisotopic (exact) mass is 608 g/mol. The van der Waals surface area contributed by atoms with Crippen LogP contribution in [0.25, 0.3) is 0 Å². The first-order valence-corrected chi connectivity index (χ1v) is 16.1. The van der Waals surface area contributed by atoms with Crippen LogP contribution in [0.2, 0.25) is 0 Å². The van der Waals surface area contributed by atoms with Gasteiger partial charge in [0, 0.05) is 13.8 Å². The number of carboxylic acids is 1. The number of nitrogens with zero attached hydrogens (tertiary/aromatic N) is 2. The Morgan fingerprint density at radius 1 is 0.674 bits per heavy atom. The predicted molar refractivity (Wildman–Crippen MR) is 167 cm³/mol. The third kappa shape index (κ3) is 4.44. The zero-order chi connectivity index (χ0) is 30.3. The molecule has 6 rings (SSSR count). The molecule has 2 aliphatic heterocycles. The molecule has 2 heterocycles. The van der Waals surface area contributed by atoms with E-state index in [0.717, 1.165) is 21.6 Å². The van der Waals surface area contributed by atoms with E-state index in [-0.39, 0.29) is 16.5 Å². The lowest BCUT2D eigenvalue weighted by Gasteiger charge is -2.50. The molecule has 1 fully saturated rings. The SMILES string of the molecule is CC(=O)SC1C(N2C(=O)c3ccccc3C2=O)C(=O)N1C(C(=O)O)=P(c1ccccc1)(c1ccccc1)c1ccccc1. The van der Waals surface area contributed by atoms with Crippen molar-refractivity contribution in [1.29, 1.82) is 0 Å². The first-order chi connectivity index (χ1) is 20.8. The number of carbonyl (C=O) groups excluding carboxylic acids is 4. The van der Waals surface area contributed by atoms with E-state index < -0.39 is 47.1 Å². The van der Waals surface area contributed by atoms with Crippen LogP contribution in [0.5, 0.6) is 0 Å². The number of likely N-dealkylation sites (tertiary alicyclic amines) is 1. The Morgan fingerprint density at radius 3 is 1.44 bits per heavy atom. The van der Waals surface area contributed by atoms with Gasteiger partial charge in [-0.05, 0) is 28.0 Å². The van der Waals surface area contributed by atoms with Crippen LogP contribution in [0.3, 0.4) is 0 Å². The summed E-state index contributed by atoms with van der Waals surface area (Å²) in [4.78, 5) is 69.2. The highest BCUT2D eigenvalue weighted by Crippen LogP contribution is 2.50. The molecule has 4 aromatic carbocycles. The van der Waals surface area contributed by atoms with Gasteiger partial charge in [-0.15, -0.1) is 0 Å². The lowest BCUT2D eigenvalue weighted by Crippen LogP contribution is -2.73. The molecule has 2 aliphatic rings. The minimum absolute atomic E-state index is 0.160. The fraction of sp³-hybridized carbons (Fsp3) is 0.0909. The first-order valence-electron chi connectivity index (χ1n) is 13.4. The second-order valence-electron chi connectivity index (χ2n) is 9.99. The van der Waals surface area contributed by atoms with Crippen molar-refractivity contribution in [1.82, 2.24) is 9.80 Å². The van der Waals surface area contributed by atoms with Crippen molar-refractivity contribution in [2.45, 2.75) is 18.3 Å². The van der Waals surface area contributed by atoms with Crippen LogP contribution >= 0.6 is 18.6 Å². The van der Waals surface area contributed by atoms with Crippen LogP contribution in [0.1, 0.15) is 27.6 Å². The van der Waals surface area contributed by atoms with Gasteiger partial charge in [0.15, 0.2) is 5.12 Å². The molecule has 214 valence electrons. The van der Waals surface area contributed by atoms with E-state index >= 15 is 0 Å². The van der Waals surface area contributed by atoms with Gasteiger partial charge in [0.05, 0.1) is 11.1 Å². The number of carboxylic acid groups (broad SMARTS) is 1. The molecule has 0 radical (unpaired) electrons. The molecule has 0 saturated carbocycles. The van der Waals surface area contributed by atoms with Crippen molar-refractivity contribution in [3.8, 4) is 0 Å². The number of aliphatic carboxylic acids is 1. The summed E-state index contributed by atoms with van der Waals surface area (Å²) in [6.07, 6.45) is 0. The van der Waals surface area contributed by atoms with Crippen LogP contribution in [0.15, 0.2) is 115 Å². The van der Waals surface area contributed by atoms with E-state index in [1.165, 1.54) is 19.1 Å². The Balaban J connectivity index is 1.65. The zero-order valence-corrected chi connectivity index (χ0v) is 24.6. The van der Waals surface area contributed by atoms with Crippen molar-refractivity contribution < 1.29 is 29.1 Å². The fourth-order valence-corrected chi connectivity index (χ4v) is 11.3. The Bertz CT molecular complexity index is 1710.